The molecular weight excluding hydrogens is 378 g/mol. The number of nitrogens with zero attached hydrogens (tertiary/aromatic N) is 3. The Hall–Kier alpha value is -3.23. The monoisotopic (exact) mass is 395 g/mol. The van der Waals surface area contributed by atoms with E-state index >= 15 is 0 Å². The van der Waals surface area contributed by atoms with Gasteiger partial charge < -0.3 is 10.0 Å². The van der Waals surface area contributed by atoms with E-state index in [0.717, 1.165) is 12.1 Å². The van der Waals surface area contributed by atoms with Crippen LogP contribution in [0.25, 0.3) is 22.2 Å². The third kappa shape index (κ3) is 4.93. The molecule has 1 amide bonds. The third-order valence-electron chi connectivity index (χ3n) is 3.78. The Morgan fingerprint density at radius 1 is 1.11 bits per heavy atom. The van der Waals surface area contributed by atoms with Gasteiger partial charge in [-0.15, -0.1) is 0 Å². The van der Waals surface area contributed by atoms with Gasteiger partial charge in [0.1, 0.15) is 5.69 Å². The van der Waals surface area contributed by atoms with Crippen molar-refractivity contribution in [2.45, 2.75) is 13.1 Å². The number of alkyl halides is 3. The lowest BCUT2D eigenvalue weighted by atomic mass is 10.0. The summed E-state index contributed by atoms with van der Waals surface area (Å²) >= 11 is 0. The van der Waals surface area contributed by atoms with E-state index in [1.54, 1.807) is 20.2 Å². The van der Waals surface area contributed by atoms with Crippen LogP contribution < -0.4 is 0 Å². The Morgan fingerprint density at radius 2 is 1.75 bits per heavy atom. The molecule has 1 aromatic carbocycles. The number of phenols is 1. The molecule has 0 atom stereocenters. The molecule has 0 fully saturated rings. The predicted octanol–water partition coefficient (Wildman–Crippen LogP) is 4.25. The van der Waals surface area contributed by atoms with Gasteiger partial charge in [-0.25, -0.2) is 14.4 Å². The maximum atomic E-state index is 13.1. The lowest BCUT2D eigenvalue weighted by Gasteiger charge is -2.09. The van der Waals surface area contributed by atoms with Crippen molar-refractivity contribution in [2.75, 3.05) is 14.1 Å². The first-order chi connectivity index (χ1) is 13.0. The fourth-order valence-corrected chi connectivity index (χ4v) is 2.12. The van der Waals surface area contributed by atoms with Gasteiger partial charge in [0.15, 0.2) is 17.2 Å². The summed E-state index contributed by atoms with van der Waals surface area (Å²) in [6, 6.07) is 7.37. The van der Waals surface area contributed by atoms with E-state index in [9.17, 15) is 27.5 Å². The van der Waals surface area contributed by atoms with Gasteiger partial charge in [0.25, 0.3) is 0 Å². The minimum absolute atomic E-state index is 0.0730. The number of aromatic hydroxyl groups is 1. The highest BCUT2D eigenvalue weighted by Gasteiger charge is 2.32. The van der Waals surface area contributed by atoms with Gasteiger partial charge in [0.2, 0.25) is 5.91 Å². The standard InChI is InChI=1S/C15H8F4N2O.C4H9NO/c16-11-3-1-8(7-12(11)22)9-5-6-20-14-10(9)2-4-13(21-14)15(17,18)19;1-4(6)5(2)3/h1-7,22H;1-3H3. The molecule has 0 saturated carbocycles. The van der Waals surface area contributed by atoms with E-state index < -0.39 is 23.4 Å². The van der Waals surface area contributed by atoms with Crippen molar-refractivity contribution in [1.29, 1.82) is 0 Å². The van der Waals surface area contributed by atoms with Gasteiger partial charge >= 0.3 is 6.18 Å². The summed E-state index contributed by atoms with van der Waals surface area (Å²) in [7, 11) is 3.45. The number of halogens is 4. The highest BCUT2D eigenvalue weighted by Crippen LogP contribution is 2.33. The summed E-state index contributed by atoms with van der Waals surface area (Å²) < 4.78 is 51.1. The molecule has 0 radical (unpaired) electrons. The van der Waals surface area contributed by atoms with Crippen molar-refractivity contribution >= 4 is 16.9 Å². The summed E-state index contributed by atoms with van der Waals surface area (Å²) in [5, 5.41) is 9.81. The van der Waals surface area contributed by atoms with Crippen LogP contribution in [0, 0.1) is 5.82 Å². The highest BCUT2D eigenvalue weighted by atomic mass is 19.4. The van der Waals surface area contributed by atoms with Gasteiger partial charge in [-0.05, 0) is 41.5 Å². The molecule has 0 bridgehead atoms. The number of rotatable bonds is 1. The smallest absolute Gasteiger partial charge is 0.433 e. The average molecular weight is 395 g/mol. The summed E-state index contributed by atoms with van der Waals surface area (Å²) in [4.78, 5) is 18.9. The molecule has 0 aliphatic carbocycles. The lowest BCUT2D eigenvalue weighted by Crippen LogP contribution is -2.17. The van der Waals surface area contributed by atoms with Crippen molar-refractivity contribution in [1.82, 2.24) is 14.9 Å². The molecule has 9 heteroatoms. The number of amides is 1. The Kier molecular flexibility index (Phi) is 6.17. The number of hydrogen-bond donors (Lipinski definition) is 1. The van der Waals surface area contributed by atoms with Crippen LogP contribution in [0.2, 0.25) is 0 Å². The topological polar surface area (TPSA) is 66.3 Å². The van der Waals surface area contributed by atoms with Gasteiger partial charge in [0.05, 0.1) is 0 Å². The molecule has 0 aliphatic rings. The summed E-state index contributed by atoms with van der Waals surface area (Å²) in [5.41, 5.74) is -0.155. The van der Waals surface area contributed by atoms with Gasteiger partial charge in [0, 0.05) is 32.6 Å². The number of phenolic OH excluding ortho intramolecular Hbond substituents is 1. The van der Waals surface area contributed by atoms with Gasteiger partial charge in [-0.1, -0.05) is 6.07 Å². The number of aromatic nitrogens is 2. The number of benzene rings is 1. The molecular formula is C19H17F4N3O2. The third-order valence-corrected chi connectivity index (χ3v) is 3.78. The fraction of sp³-hybridized carbons (Fsp3) is 0.211. The predicted molar refractivity (Wildman–Crippen MR) is 96.0 cm³/mol. The summed E-state index contributed by atoms with van der Waals surface area (Å²) in [6.45, 7) is 1.53. The molecule has 0 spiro atoms. The van der Waals surface area contributed by atoms with Crippen molar-refractivity contribution in [3.8, 4) is 16.9 Å². The molecule has 2 heterocycles. The molecule has 3 rings (SSSR count). The number of carbonyl (C=O) groups excluding carboxylic acids is 1. The normalized spacial score (nSPS) is 11.0. The lowest BCUT2D eigenvalue weighted by molar-refractivity contribution is -0.141. The Balaban J connectivity index is 0.000000409. The zero-order chi connectivity index (χ0) is 21.1. The van der Waals surface area contributed by atoms with Gasteiger partial charge in [-0.2, -0.15) is 13.2 Å². The first kappa shape index (κ1) is 21.1. The van der Waals surface area contributed by atoms with E-state index in [-0.39, 0.29) is 11.6 Å². The number of pyridine rings is 2. The maximum absolute atomic E-state index is 13.1. The van der Waals surface area contributed by atoms with E-state index in [4.69, 9.17) is 0 Å². The number of hydrogen-bond acceptors (Lipinski definition) is 4. The van der Waals surface area contributed by atoms with E-state index in [1.807, 2.05) is 0 Å². The first-order valence-electron chi connectivity index (χ1n) is 8.00. The summed E-state index contributed by atoms with van der Waals surface area (Å²) in [5.74, 6) is -1.23. The van der Waals surface area contributed by atoms with Crippen LogP contribution in [0.4, 0.5) is 17.6 Å². The van der Waals surface area contributed by atoms with Crippen molar-refractivity contribution in [3.63, 3.8) is 0 Å². The zero-order valence-corrected chi connectivity index (χ0v) is 15.3. The second-order valence-corrected chi connectivity index (χ2v) is 6.00. The van der Waals surface area contributed by atoms with Gasteiger partial charge in [-0.3, -0.25) is 4.79 Å². The molecule has 0 aliphatic heterocycles. The van der Waals surface area contributed by atoms with E-state index in [2.05, 4.69) is 9.97 Å². The van der Waals surface area contributed by atoms with Crippen LogP contribution in [0.3, 0.4) is 0 Å². The molecule has 2 aromatic heterocycles. The quantitative estimate of drug-likeness (QED) is 0.626. The average Bonchev–Trinajstić information content (AvgIpc) is 2.62. The number of fused-ring (bicyclic) bond motifs is 1. The second kappa shape index (κ2) is 8.20. The Labute approximate surface area is 158 Å². The van der Waals surface area contributed by atoms with Crippen LogP contribution in [0.15, 0.2) is 42.6 Å². The SMILES string of the molecule is CC(=O)N(C)C.Oc1cc(-c2ccnc3nc(C(F)(F)F)ccc23)ccc1F. The van der Waals surface area contributed by atoms with Crippen molar-refractivity contribution in [2.24, 2.45) is 0 Å². The largest absolute Gasteiger partial charge is 0.505 e. The van der Waals surface area contributed by atoms with Crippen molar-refractivity contribution in [3.05, 3.63) is 54.1 Å². The minimum atomic E-state index is -4.56. The minimum Gasteiger partial charge on any atom is -0.505 e. The first-order valence-corrected chi connectivity index (χ1v) is 8.00. The van der Waals surface area contributed by atoms with Crippen molar-refractivity contribution < 1.29 is 27.5 Å². The molecule has 3 aromatic rings. The molecule has 1 N–H and O–H groups in total. The number of carbonyl (C=O) groups is 1. The second-order valence-electron chi connectivity index (χ2n) is 6.00. The van der Waals surface area contributed by atoms with Crippen LogP contribution in [0.5, 0.6) is 5.75 Å². The maximum Gasteiger partial charge on any atom is 0.433 e. The van der Waals surface area contributed by atoms with Crippen LogP contribution in [-0.2, 0) is 11.0 Å². The van der Waals surface area contributed by atoms with E-state index in [0.29, 0.717) is 16.5 Å². The van der Waals surface area contributed by atoms with E-state index in [1.165, 1.54) is 36.2 Å². The molecule has 28 heavy (non-hydrogen) atoms. The Morgan fingerprint density at radius 3 is 2.29 bits per heavy atom. The summed E-state index contributed by atoms with van der Waals surface area (Å²) in [6.07, 6.45) is -3.24. The Bertz CT molecular complexity index is 1000. The fourth-order valence-electron chi connectivity index (χ4n) is 2.12. The molecule has 148 valence electrons. The molecule has 5 nitrogen and oxygen atoms in total. The zero-order valence-electron chi connectivity index (χ0n) is 15.3. The molecule has 0 unspecified atom stereocenters. The van der Waals surface area contributed by atoms with Crippen LogP contribution in [-0.4, -0.2) is 40.0 Å². The van der Waals surface area contributed by atoms with Crippen LogP contribution in [0.1, 0.15) is 12.6 Å². The molecule has 0 saturated heterocycles. The van der Waals surface area contributed by atoms with Crippen LogP contribution >= 0.6 is 0 Å². The highest BCUT2D eigenvalue weighted by molar-refractivity contribution is 5.92.